The zero-order valence-electron chi connectivity index (χ0n) is 27.6. The first-order valence-electron chi connectivity index (χ1n) is 14.1. The Labute approximate surface area is 326 Å². The number of esters is 1. The van der Waals surface area contributed by atoms with Crippen LogP contribution in [-0.2, 0) is 26.7 Å². The predicted octanol–water partition coefficient (Wildman–Crippen LogP) is 4.84. The summed E-state index contributed by atoms with van der Waals surface area (Å²) in [6.07, 6.45) is -9.73. The SMILES string of the molecule is CCO.CCOC(=O)CC(c1cc(Br)cc(C(F)(F)F)c1)c1nnc(C)o1.Cc1nnc(C(CC(=O)O)c2cc(Br)cc(C(F)(F)F)c2)o1.[Na+].[OH-]. The van der Waals surface area contributed by atoms with E-state index in [9.17, 15) is 35.9 Å². The number of aliphatic hydroxyl groups is 1. The van der Waals surface area contributed by atoms with Crippen LogP contribution < -0.4 is 29.6 Å². The number of hydrogen-bond acceptors (Lipinski definition) is 11. The van der Waals surface area contributed by atoms with E-state index in [2.05, 4.69) is 52.3 Å². The summed E-state index contributed by atoms with van der Waals surface area (Å²) in [4.78, 5) is 22.8. The Kier molecular flexibility index (Phi) is 20.4. The van der Waals surface area contributed by atoms with E-state index in [0.29, 0.717) is 0 Å². The van der Waals surface area contributed by atoms with E-state index in [1.807, 2.05) is 0 Å². The van der Waals surface area contributed by atoms with Gasteiger partial charge in [-0.05, 0) is 61.4 Å². The molecular weight excluding hydrogens is 841 g/mol. The van der Waals surface area contributed by atoms with Crippen LogP contribution in [0.4, 0.5) is 26.3 Å². The Bertz CT molecular complexity index is 1710. The second-order valence-electron chi connectivity index (χ2n) is 9.89. The molecule has 2 unspecified atom stereocenters. The zero-order valence-corrected chi connectivity index (χ0v) is 32.8. The van der Waals surface area contributed by atoms with Gasteiger partial charge in [-0.2, -0.15) is 26.3 Å². The van der Waals surface area contributed by atoms with Crippen molar-refractivity contribution in [3.8, 4) is 0 Å². The van der Waals surface area contributed by atoms with Crippen LogP contribution in [0.15, 0.2) is 54.2 Å². The number of carboxylic acid groups (broad SMARTS) is 1. The molecular formula is C30H31Br2F6N4NaO8. The van der Waals surface area contributed by atoms with Crippen molar-refractivity contribution in [3.63, 3.8) is 0 Å². The summed E-state index contributed by atoms with van der Waals surface area (Å²) in [5, 5.41) is 31.4. The van der Waals surface area contributed by atoms with E-state index >= 15 is 0 Å². The van der Waals surface area contributed by atoms with E-state index in [0.717, 1.165) is 24.3 Å². The van der Waals surface area contributed by atoms with Crippen LogP contribution in [-0.4, -0.2) is 61.2 Å². The van der Waals surface area contributed by atoms with E-state index in [4.69, 9.17) is 23.8 Å². The number of aliphatic hydroxyl groups excluding tert-OH is 1. The van der Waals surface area contributed by atoms with Crippen LogP contribution in [0.5, 0.6) is 0 Å². The number of carboxylic acids is 1. The van der Waals surface area contributed by atoms with Crippen molar-refractivity contribution >= 4 is 43.8 Å². The average molecular weight is 872 g/mol. The van der Waals surface area contributed by atoms with Gasteiger partial charge in [-0.1, -0.05) is 31.9 Å². The number of carbonyl (C=O) groups excluding carboxylic acids is 1. The number of aromatic nitrogens is 4. The van der Waals surface area contributed by atoms with Crippen molar-refractivity contribution < 1.29 is 94.7 Å². The van der Waals surface area contributed by atoms with Crippen LogP contribution in [0, 0.1) is 13.8 Å². The number of benzene rings is 2. The Morgan fingerprint density at radius 2 is 1.14 bits per heavy atom. The predicted molar refractivity (Wildman–Crippen MR) is 168 cm³/mol. The van der Waals surface area contributed by atoms with Gasteiger partial charge < -0.3 is 29.3 Å². The normalized spacial score (nSPS) is 12.1. The maximum Gasteiger partial charge on any atom is 1.00 e. The monoisotopic (exact) mass is 870 g/mol. The number of rotatable bonds is 9. The molecule has 4 rings (SSSR count). The maximum atomic E-state index is 13.0. The van der Waals surface area contributed by atoms with Crippen LogP contribution in [0.3, 0.4) is 0 Å². The van der Waals surface area contributed by atoms with E-state index in [1.54, 1.807) is 20.8 Å². The average Bonchev–Trinajstić information content (AvgIpc) is 3.61. The minimum absolute atomic E-state index is 0. The molecule has 0 radical (unpaired) electrons. The fraction of sp³-hybridized carbons (Fsp3) is 0.400. The third kappa shape index (κ3) is 15.7. The molecule has 12 nitrogen and oxygen atoms in total. The fourth-order valence-corrected chi connectivity index (χ4v) is 5.14. The van der Waals surface area contributed by atoms with Gasteiger partial charge in [-0.3, -0.25) is 9.59 Å². The van der Waals surface area contributed by atoms with E-state index in [-0.39, 0.29) is 98.3 Å². The van der Waals surface area contributed by atoms with Gasteiger partial charge in [-0.15, -0.1) is 20.4 Å². The molecule has 0 aliphatic carbocycles. The van der Waals surface area contributed by atoms with E-state index in [1.165, 1.54) is 19.1 Å². The van der Waals surface area contributed by atoms with Gasteiger partial charge in [0.25, 0.3) is 0 Å². The van der Waals surface area contributed by atoms with Gasteiger partial charge in [-0.25, -0.2) is 0 Å². The van der Waals surface area contributed by atoms with Gasteiger partial charge in [0.2, 0.25) is 23.6 Å². The minimum Gasteiger partial charge on any atom is -0.870 e. The number of hydrogen-bond donors (Lipinski definition) is 2. The summed E-state index contributed by atoms with van der Waals surface area (Å²) >= 11 is 6.07. The summed E-state index contributed by atoms with van der Waals surface area (Å²) in [6.45, 7) is 6.81. The van der Waals surface area contributed by atoms with Crippen molar-refractivity contribution in [2.45, 2.75) is 64.7 Å². The summed E-state index contributed by atoms with van der Waals surface area (Å²) in [6, 6.07) is 6.62. The molecule has 0 fully saturated rings. The van der Waals surface area contributed by atoms with Crippen LogP contribution >= 0.6 is 31.9 Å². The van der Waals surface area contributed by atoms with Crippen molar-refractivity contribution in [2.24, 2.45) is 0 Å². The molecule has 0 saturated heterocycles. The molecule has 0 amide bonds. The molecule has 4 aromatic rings. The van der Waals surface area contributed by atoms with Gasteiger partial charge >= 0.3 is 53.8 Å². The van der Waals surface area contributed by atoms with Crippen molar-refractivity contribution in [2.75, 3.05) is 13.2 Å². The van der Waals surface area contributed by atoms with Gasteiger partial charge in [0.05, 0.1) is 42.4 Å². The number of aryl methyl sites for hydroxylation is 2. The van der Waals surface area contributed by atoms with Crippen molar-refractivity contribution in [3.05, 3.63) is 91.2 Å². The quantitative estimate of drug-likeness (QED) is 0.133. The molecule has 0 aliphatic heterocycles. The fourth-order valence-electron chi connectivity index (χ4n) is 4.12. The summed E-state index contributed by atoms with van der Waals surface area (Å²) in [5.74, 6) is -3.05. The maximum absolute atomic E-state index is 13.0. The van der Waals surface area contributed by atoms with Crippen LogP contribution in [0.1, 0.15) is 84.3 Å². The molecule has 3 N–H and O–H groups in total. The first kappa shape index (κ1) is 48.1. The van der Waals surface area contributed by atoms with E-state index < -0.39 is 53.7 Å². The largest absolute Gasteiger partial charge is 1.00 e. The number of nitrogens with zero attached hydrogens (tertiary/aromatic N) is 4. The molecule has 2 aromatic carbocycles. The summed E-state index contributed by atoms with van der Waals surface area (Å²) < 4.78 is 93.6. The third-order valence-corrected chi connectivity index (χ3v) is 6.95. The topological polar surface area (TPSA) is 192 Å². The standard InChI is InChI=1S/C15H14BrF3N2O3.C13H10BrF3N2O3.C2H6O.Na.H2O/c1-3-23-13(22)7-12(14-21-20-8(2)24-14)9-4-10(15(17,18)19)6-11(16)5-9;1-6-18-19-12(22-6)10(5-11(20)21)7-2-8(13(15,16)17)4-9(14)3-7;1-2-3;;/h4-6,12H,3,7H2,1-2H3;2-4,10H,5H2,1H3,(H,20,21);3H,2H2,1H3;;1H2/q;;;+1;/p-1. The van der Waals surface area contributed by atoms with Gasteiger partial charge in [0.1, 0.15) is 0 Å². The minimum atomic E-state index is -4.54. The number of alkyl halides is 6. The van der Waals surface area contributed by atoms with Crippen molar-refractivity contribution in [1.29, 1.82) is 0 Å². The number of ether oxygens (including phenoxy) is 1. The Morgan fingerprint density at radius 1 is 0.765 bits per heavy atom. The van der Waals surface area contributed by atoms with Crippen LogP contribution in [0.25, 0.3) is 0 Å². The van der Waals surface area contributed by atoms with Gasteiger partial charge in [0.15, 0.2) is 0 Å². The molecule has 21 heteroatoms. The summed E-state index contributed by atoms with van der Waals surface area (Å²) in [5.41, 5.74) is -1.36. The molecule has 0 saturated carbocycles. The summed E-state index contributed by atoms with van der Waals surface area (Å²) in [7, 11) is 0. The molecule has 0 spiro atoms. The zero-order chi connectivity index (χ0) is 37.1. The molecule has 2 atom stereocenters. The Balaban J connectivity index is 0.000000880. The first-order chi connectivity index (χ1) is 22.8. The number of halogens is 8. The molecule has 51 heavy (non-hydrogen) atoms. The Morgan fingerprint density at radius 3 is 1.43 bits per heavy atom. The number of aliphatic carboxylic acids is 1. The second-order valence-corrected chi connectivity index (χ2v) is 11.7. The molecule has 2 aromatic heterocycles. The molecule has 2 heterocycles. The number of carbonyl (C=O) groups is 2. The Hall–Kier alpha value is -2.88. The molecule has 0 bridgehead atoms. The second kappa shape index (κ2) is 21.6. The van der Waals surface area contributed by atoms with Gasteiger partial charge in [0, 0.05) is 29.4 Å². The third-order valence-electron chi connectivity index (χ3n) is 6.03. The first-order valence-corrected chi connectivity index (χ1v) is 15.7. The smallest absolute Gasteiger partial charge is 0.870 e. The molecule has 0 aliphatic rings. The van der Waals surface area contributed by atoms with Crippen LogP contribution in [0.2, 0.25) is 0 Å². The van der Waals surface area contributed by atoms with Crippen molar-refractivity contribution in [1.82, 2.24) is 20.4 Å². The molecule has 276 valence electrons.